The SMILES string of the molecule is CCOc1ccc2[nH]c(=O)c(CN(Cc3ccco3)C(=O)Nc3ccccc3Cl)cc2c1. The minimum absolute atomic E-state index is 0.0706. The van der Waals surface area contributed by atoms with Crippen LogP contribution in [0.15, 0.2) is 76.1 Å². The van der Waals surface area contributed by atoms with Gasteiger partial charge in [0.15, 0.2) is 0 Å². The second-order valence-electron chi connectivity index (χ2n) is 7.15. The van der Waals surface area contributed by atoms with Crippen molar-refractivity contribution in [1.29, 1.82) is 0 Å². The van der Waals surface area contributed by atoms with Crippen molar-refractivity contribution in [2.45, 2.75) is 20.0 Å². The Labute approximate surface area is 189 Å². The van der Waals surface area contributed by atoms with E-state index in [2.05, 4.69) is 10.3 Å². The number of nitrogens with one attached hydrogen (secondary N) is 2. The molecule has 2 N–H and O–H groups in total. The van der Waals surface area contributed by atoms with Crippen LogP contribution in [0.2, 0.25) is 5.02 Å². The highest BCUT2D eigenvalue weighted by atomic mass is 35.5. The fourth-order valence-electron chi connectivity index (χ4n) is 3.36. The number of aromatic nitrogens is 1. The zero-order chi connectivity index (χ0) is 22.5. The van der Waals surface area contributed by atoms with Crippen molar-refractivity contribution >= 4 is 34.2 Å². The van der Waals surface area contributed by atoms with E-state index in [0.29, 0.717) is 39.9 Å². The predicted octanol–water partition coefficient (Wildman–Crippen LogP) is 5.41. The summed E-state index contributed by atoms with van der Waals surface area (Å²) in [4.78, 5) is 30.2. The maximum absolute atomic E-state index is 13.1. The van der Waals surface area contributed by atoms with E-state index in [1.165, 1.54) is 11.2 Å². The normalized spacial score (nSPS) is 10.8. The molecule has 2 aromatic heterocycles. The number of halogens is 1. The summed E-state index contributed by atoms with van der Waals surface area (Å²) in [6.07, 6.45) is 1.54. The Morgan fingerprint density at radius 2 is 1.97 bits per heavy atom. The number of pyridine rings is 1. The van der Waals surface area contributed by atoms with E-state index in [4.69, 9.17) is 20.8 Å². The third-order valence-corrected chi connectivity index (χ3v) is 5.22. The van der Waals surface area contributed by atoms with Crippen LogP contribution in [0.1, 0.15) is 18.2 Å². The molecule has 0 bridgehead atoms. The lowest BCUT2D eigenvalue weighted by Gasteiger charge is -2.22. The number of para-hydroxylation sites is 1. The molecule has 0 aliphatic rings. The fraction of sp³-hybridized carbons (Fsp3) is 0.167. The van der Waals surface area contributed by atoms with E-state index in [0.717, 1.165) is 5.39 Å². The number of nitrogens with zero attached hydrogens (tertiary/aromatic N) is 1. The highest BCUT2D eigenvalue weighted by Crippen LogP contribution is 2.23. The highest BCUT2D eigenvalue weighted by molar-refractivity contribution is 6.33. The van der Waals surface area contributed by atoms with Crippen LogP contribution < -0.4 is 15.6 Å². The van der Waals surface area contributed by atoms with E-state index in [9.17, 15) is 9.59 Å². The molecular weight excluding hydrogens is 430 g/mol. The number of rotatable bonds is 7. The first-order valence-corrected chi connectivity index (χ1v) is 10.5. The van der Waals surface area contributed by atoms with E-state index < -0.39 is 6.03 Å². The van der Waals surface area contributed by atoms with Gasteiger partial charge in [0.2, 0.25) is 0 Å². The number of furan rings is 1. The summed E-state index contributed by atoms with van der Waals surface area (Å²) in [6, 6.07) is 17.3. The Balaban J connectivity index is 1.64. The topological polar surface area (TPSA) is 87.6 Å². The van der Waals surface area contributed by atoms with Gasteiger partial charge in [-0.15, -0.1) is 0 Å². The van der Waals surface area contributed by atoms with Crippen LogP contribution in [0.4, 0.5) is 10.5 Å². The Kier molecular flexibility index (Phi) is 6.47. The third-order valence-electron chi connectivity index (χ3n) is 4.89. The second-order valence-corrected chi connectivity index (χ2v) is 7.56. The lowest BCUT2D eigenvalue weighted by molar-refractivity contribution is 0.201. The largest absolute Gasteiger partial charge is 0.494 e. The average molecular weight is 452 g/mol. The highest BCUT2D eigenvalue weighted by Gasteiger charge is 2.19. The molecule has 0 unspecified atom stereocenters. The van der Waals surface area contributed by atoms with E-state index in [1.807, 2.05) is 19.1 Å². The smallest absolute Gasteiger partial charge is 0.322 e. The zero-order valence-corrected chi connectivity index (χ0v) is 18.2. The molecule has 8 heteroatoms. The summed E-state index contributed by atoms with van der Waals surface area (Å²) in [7, 11) is 0. The molecule has 2 aromatic carbocycles. The van der Waals surface area contributed by atoms with Crippen LogP contribution in [0, 0.1) is 0 Å². The number of anilines is 1. The van der Waals surface area contributed by atoms with E-state index >= 15 is 0 Å². The summed E-state index contributed by atoms with van der Waals surface area (Å²) in [5.74, 6) is 1.30. The number of carbonyl (C=O) groups excluding carboxylic acids is 1. The van der Waals surface area contributed by atoms with Crippen molar-refractivity contribution in [2.24, 2.45) is 0 Å². The van der Waals surface area contributed by atoms with Crippen LogP contribution >= 0.6 is 11.6 Å². The number of urea groups is 1. The van der Waals surface area contributed by atoms with Gasteiger partial charge in [-0.05, 0) is 55.5 Å². The van der Waals surface area contributed by atoms with Crippen LogP contribution in [0.3, 0.4) is 0 Å². The average Bonchev–Trinajstić information content (AvgIpc) is 3.29. The van der Waals surface area contributed by atoms with Gasteiger partial charge in [0, 0.05) is 16.5 Å². The Bertz CT molecular complexity index is 1280. The molecular formula is C24H22ClN3O4. The van der Waals surface area contributed by atoms with Crippen LogP contribution in [-0.4, -0.2) is 22.5 Å². The summed E-state index contributed by atoms with van der Waals surface area (Å²) < 4.78 is 11.0. The predicted molar refractivity (Wildman–Crippen MR) is 124 cm³/mol. The molecule has 0 saturated carbocycles. The van der Waals surface area contributed by atoms with Crippen molar-refractivity contribution < 1.29 is 13.9 Å². The first kappa shape index (κ1) is 21.5. The van der Waals surface area contributed by atoms with E-state index in [-0.39, 0.29) is 18.6 Å². The monoisotopic (exact) mass is 451 g/mol. The molecule has 4 rings (SSSR count). The number of hydrogen-bond donors (Lipinski definition) is 2. The fourth-order valence-corrected chi connectivity index (χ4v) is 3.54. The van der Waals surface area contributed by atoms with Gasteiger partial charge in [0.05, 0.1) is 36.7 Å². The van der Waals surface area contributed by atoms with Crippen LogP contribution in [-0.2, 0) is 13.1 Å². The molecule has 7 nitrogen and oxygen atoms in total. The first-order chi connectivity index (χ1) is 15.5. The maximum Gasteiger partial charge on any atom is 0.322 e. The van der Waals surface area contributed by atoms with Crippen molar-refractivity contribution in [3.8, 4) is 5.75 Å². The molecule has 0 radical (unpaired) electrons. The Morgan fingerprint density at radius 1 is 1.12 bits per heavy atom. The third kappa shape index (κ3) is 4.95. The van der Waals surface area contributed by atoms with Gasteiger partial charge < -0.3 is 24.4 Å². The number of carbonyl (C=O) groups is 1. The molecule has 0 spiro atoms. The number of ether oxygens (including phenoxy) is 1. The molecule has 2 heterocycles. The summed E-state index contributed by atoms with van der Waals surface area (Å²) in [5, 5.41) is 4.04. The number of H-pyrrole nitrogens is 1. The van der Waals surface area contributed by atoms with Crippen LogP contribution in [0.25, 0.3) is 10.9 Å². The second kappa shape index (κ2) is 9.62. The van der Waals surface area contributed by atoms with E-state index in [1.54, 1.807) is 48.5 Å². The molecule has 4 aromatic rings. The minimum atomic E-state index is -0.405. The van der Waals surface area contributed by atoms with Crippen molar-refractivity contribution in [1.82, 2.24) is 9.88 Å². The summed E-state index contributed by atoms with van der Waals surface area (Å²) in [6.45, 7) is 2.70. The van der Waals surface area contributed by atoms with Gasteiger partial charge in [-0.25, -0.2) is 4.79 Å². The van der Waals surface area contributed by atoms with Crippen LogP contribution in [0.5, 0.6) is 5.75 Å². The molecule has 32 heavy (non-hydrogen) atoms. The number of fused-ring (bicyclic) bond motifs is 1. The van der Waals surface area contributed by atoms with Gasteiger partial charge in [-0.3, -0.25) is 4.79 Å². The molecule has 0 fully saturated rings. The molecule has 0 aliphatic heterocycles. The number of benzene rings is 2. The van der Waals surface area contributed by atoms with Gasteiger partial charge in [0.25, 0.3) is 5.56 Å². The summed E-state index contributed by atoms with van der Waals surface area (Å²) in [5.41, 5.74) is 1.35. The zero-order valence-electron chi connectivity index (χ0n) is 17.4. The van der Waals surface area contributed by atoms with Gasteiger partial charge in [-0.1, -0.05) is 23.7 Å². The van der Waals surface area contributed by atoms with Crippen molar-refractivity contribution in [3.63, 3.8) is 0 Å². The maximum atomic E-state index is 13.1. The van der Waals surface area contributed by atoms with Crippen molar-refractivity contribution in [2.75, 3.05) is 11.9 Å². The quantitative estimate of drug-likeness (QED) is 0.393. The lowest BCUT2D eigenvalue weighted by Crippen LogP contribution is -2.35. The molecule has 0 atom stereocenters. The first-order valence-electron chi connectivity index (χ1n) is 10.1. The summed E-state index contributed by atoms with van der Waals surface area (Å²) >= 11 is 6.19. The van der Waals surface area contributed by atoms with Gasteiger partial charge in [-0.2, -0.15) is 0 Å². The number of aromatic amines is 1. The Hall–Kier alpha value is -3.71. The molecule has 0 aliphatic carbocycles. The lowest BCUT2D eigenvalue weighted by atomic mass is 10.1. The molecule has 0 saturated heterocycles. The Morgan fingerprint density at radius 3 is 2.72 bits per heavy atom. The van der Waals surface area contributed by atoms with Crippen molar-refractivity contribution in [3.05, 3.63) is 93.6 Å². The number of amides is 2. The standard InChI is InChI=1S/C24H22ClN3O4/c1-2-31-18-9-10-21-16(13-18)12-17(23(29)26-21)14-28(15-19-6-5-11-32-19)24(30)27-22-8-4-3-7-20(22)25/h3-13H,2,14-15H2,1H3,(H,26,29)(H,27,30). The minimum Gasteiger partial charge on any atom is -0.494 e. The van der Waals surface area contributed by atoms with Gasteiger partial charge >= 0.3 is 6.03 Å². The van der Waals surface area contributed by atoms with Gasteiger partial charge in [0.1, 0.15) is 11.5 Å². The molecule has 164 valence electrons. The molecule has 2 amide bonds. The number of hydrogen-bond acceptors (Lipinski definition) is 4.